The predicted molar refractivity (Wildman–Crippen MR) is 101 cm³/mol. The Labute approximate surface area is 153 Å². The van der Waals surface area contributed by atoms with Crippen molar-refractivity contribution >= 4 is 23.4 Å². The van der Waals surface area contributed by atoms with Gasteiger partial charge in [-0.2, -0.15) is 0 Å². The molecule has 0 aliphatic heterocycles. The Bertz CT molecular complexity index is 670. The summed E-state index contributed by atoms with van der Waals surface area (Å²) in [6.07, 6.45) is 2.24. The van der Waals surface area contributed by atoms with E-state index in [1.54, 1.807) is 16.4 Å². The molecule has 2 rings (SSSR count). The molecule has 25 heavy (non-hydrogen) atoms. The molecule has 0 unspecified atom stereocenters. The molecule has 2 aromatic rings. The Morgan fingerprint density at radius 1 is 1.20 bits per heavy atom. The monoisotopic (exact) mass is 362 g/mol. The first-order valence-electron chi connectivity index (χ1n) is 8.32. The van der Waals surface area contributed by atoms with Crippen molar-refractivity contribution in [2.24, 2.45) is 7.05 Å². The smallest absolute Gasteiger partial charge is 0.222 e. The van der Waals surface area contributed by atoms with Gasteiger partial charge in [0.25, 0.3) is 0 Å². The number of nitrogens with zero attached hydrogens (tertiary/aromatic N) is 6. The third-order valence-electron chi connectivity index (χ3n) is 3.96. The fraction of sp³-hybridized carbons (Fsp3) is 0.529. The number of carbonyl (C=O) groups is 1. The van der Waals surface area contributed by atoms with Gasteiger partial charge in [0, 0.05) is 52.6 Å². The molecule has 8 heteroatoms. The van der Waals surface area contributed by atoms with Gasteiger partial charge in [-0.25, -0.2) is 4.68 Å². The second-order valence-corrected chi connectivity index (χ2v) is 7.23. The molecular formula is C17H26N6OS. The summed E-state index contributed by atoms with van der Waals surface area (Å²) >= 11 is 1.57. The largest absolute Gasteiger partial charge is 0.378 e. The zero-order chi connectivity index (χ0) is 18.2. The van der Waals surface area contributed by atoms with Crippen molar-refractivity contribution in [1.82, 2.24) is 25.1 Å². The van der Waals surface area contributed by atoms with Crippen molar-refractivity contribution < 1.29 is 4.79 Å². The molecule has 1 amide bonds. The number of carbonyl (C=O) groups excluding carboxylic acids is 1. The third-order valence-corrected chi connectivity index (χ3v) is 5.06. The fourth-order valence-corrected chi connectivity index (χ4v) is 3.09. The van der Waals surface area contributed by atoms with Gasteiger partial charge in [0.1, 0.15) is 0 Å². The minimum absolute atomic E-state index is 0.182. The molecule has 0 N–H and O–H groups in total. The van der Waals surface area contributed by atoms with E-state index in [1.807, 2.05) is 33.1 Å². The van der Waals surface area contributed by atoms with Gasteiger partial charge >= 0.3 is 0 Å². The minimum atomic E-state index is 0.182. The number of hydrogen-bond donors (Lipinski definition) is 0. The van der Waals surface area contributed by atoms with Crippen LogP contribution in [0.5, 0.6) is 0 Å². The van der Waals surface area contributed by atoms with Crippen LogP contribution in [0.15, 0.2) is 29.4 Å². The second-order valence-electron chi connectivity index (χ2n) is 6.16. The highest BCUT2D eigenvalue weighted by molar-refractivity contribution is 7.99. The molecule has 1 aromatic heterocycles. The van der Waals surface area contributed by atoms with Gasteiger partial charge in [0.15, 0.2) is 0 Å². The van der Waals surface area contributed by atoms with Crippen molar-refractivity contribution in [2.75, 3.05) is 38.3 Å². The first-order valence-corrected chi connectivity index (χ1v) is 9.31. The first-order chi connectivity index (χ1) is 12.0. The van der Waals surface area contributed by atoms with Crippen LogP contribution in [0.4, 0.5) is 5.69 Å². The normalized spacial score (nSPS) is 10.7. The predicted octanol–water partition coefficient (Wildman–Crippen LogP) is 1.85. The number of anilines is 1. The maximum Gasteiger partial charge on any atom is 0.222 e. The Hall–Kier alpha value is -2.09. The van der Waals surface area contributed by atoms with Gasteiger partial charge in [0.05, 0.1) is 0 Å². The number of likely N-dealkylation sites (N-methyl/N-ethyl adjacent to an activating group) is 1. The van der Waals surface area contributed by atoms with E-state index in [4.69, 9.17) is 0 Å². The van der Waals surface area contributed by atoms with Gasteiger partial charge in [-0.15, -0.1) is 5.10 Å². The van der Waals surface area contributed by atoms with E-state index in [1.165, 1.54) is 11.3 Å². The van der Waals surface area contributed by atoms with Gasteiger partial charge in [-0.05, 0) is 41.0 Å². The number of hydrogen-bond acceptors (Lipinski definition) is 6. The fourth-order valence-electron chi connectivity index (χ4n) is 2.30. The maximum absolute atomic E-state index is 12.2. The van der Waals surface area contributed by atoms with Crippen LogP contribution in [0.25, 0.3) is 0 Å². The summed E-state index contributed by atoms with van der Waals surface area (Å²) in [5, 5.41) is 12.1. The average Bonchev–Trinajstić information content (AvgIpc) is 3.01. The van der Waals surface area contributed by atoms with Crippen molar-refractivity contribution in [1.29, 1.82) is 0 Å². The second kappa shape index (κ2) is 9.41. The van der Waals surface area contributed by atoms with E-state index in [-0.39, 0.29) is 5.91 Å². The van der Waals surface area contributed by atoms with Crippen LogP contribution in [-0.2, 0) is 18.3 Å². The van der Waals surface area contributed by atoms with Crippen LogP contribution >= 0.6 is 11.8 Å². The summed E-state index contributed by atoms with van der Waals surface area (Å²) in [5.74, 6) is 1.02. The van der Waals surface area contributed by atoms with Crippen LogP contribution in [-0.4, -0.2) is 64.5 Å². The lowest BCUT2D eigenvalue weighted by atomic mass is 10.1. The summed E-state index contributed by atoms with van der Waals surface area (Å²) in [7, 11) is 7.74. The average molecular weight is 363 g/mol. The van der Waals surface area contributed by atoms with E-state index >= 15 is 0 Å². The molecule has 0 aliphatic rings. The number of tetrazole rings is 1. The molecule has 7 nitrogen and oxygen atoms in total. The number of aromatic nitrogens is 4. The van der Waals surface area contributed by atoms with Crippen molar-refractivity contribution in [3.8, 4) is 0 Å². The maximum atomic E-state index is 12.2. The van der Waals surface area contributed by atoms with Crippen molar-refractivity contribution in [3.63, 3.8) is 0 Å². The lowest BCUT2D eigenvalue weighted by molar-refractivity contribution is -0.129. The third kappa shape index (κ3) is 6.04. The molecule has 0 spiro atoms. The molecule has 0 atom stereocenters. The number of benzene rings is 1. The van der Waals surface area contributed by atoms with Gasteiger partial charge in [-0.3, -0.25) is 4.79 Å². The van der Waals surface area contributed by atoms with Crippen LogP contribution in [0, 0.1) is 0 Å². The van der Waals surface area contributed by atoms with Crippen molar-refractivity contribution in [3.05, 3.63) is 29.8 Å². The van der Waals surface area contributed by atoms with Crippen LogP contribution < -0.4 is 4.90 Å². The van der Waals surface area contributed by atoms with E-state index < -0.39 is 0 Å². The molecule has 0 radical (unpaired) electrons. The summed E-state index contributed by atoms with van der Waals surface area (Å²) < 4.78 is 1.64. The first kappa shape index (κ1) is 19.2. The SMILES string of the molecule is CN(CCc1ccc(N(C)C)cc1)C(=O)CCCSc1nnnn1C. The molecule has 0 bridgehead atoms. The zero-order valence-corrected chi connectivity index (χ0v) is 16.2. The molecule has 1 aromatic carbocycles. The zero-order valence-electron chi connectivity index (χ0n) is 15.3. The van der Waals surface area contributed by atoms with Gasteiger partial charge in [-0.1, -0.05) is 23.9 Å². The summed E-state index contributed by atoms with van der Waals surface area (Å²) in [4.78, 5) is 16.1. The van der Waals surface area contributed by atoms with Gasteiger partial charge < -0.3 is 9.80 Å². The highest BCUT2D eigenvalue weighted by Gasteiger charge is 2.09. The number of thioether (sulfide) groups is 1. The highest BCUT2D eigenvalue weighted by Crippen LogP contribution is 2.15. The highest BCUT2D eigenvalue weighted by atomic mass is 32.2. The lowest BCUT2D eigenvalue weighted by Gasteiger charge is -2.18. The summed E-state index contributed by atoms with van der Waals surface area (Å²) in [6.45, 7) is 0.737. The molecule has 0 saturated carbocycles. The summed E-state index contributed by atoms with van der Waals surface area (Å²) in [6, 6.07) is 8.46. The van der Waals surface area contributed by atoms with Crippen molar-refractivity contribution in [2.45, 2.75) is 24.4 Å². The lowest BCUT2D eigenvalue weighted by Crippen LogP contribution is -2.28. The molecule has 0 aliphatic carbocycles. The Kier molecular flexibility index (Phi) is 7.24. The van der Waals surface area contributed by atoms with E-state index in [9.17, 15) is 4.79 Å². The molecule has 136 valence electrons. The number of aryl methyl sites for hydroxylation is 1. The van der Waals surface area contributed by atoms with Gasteiger partial charge in [0.2, 0.25) is 11.1 Å². The molecule has 0 fully saturated rings. The van der Waals surface area contributed by atoms with Crippen LogP contribution in [0.3, 0.4) is 0 Å². The number of amides is 1. The topological polar surface area (TPSA) is 67.2 Å². The minimum Gasteiger partial charge on any atom is -0.378 e. The van der Waals surface area contributed by atoms with E-state index in [2.05, 4.69) is 44.7 Å². The standard InChI is InChI=1S/C17H26N6OS/c1-21(2)15-9-7-14(8-10-15)11-12-22(3)16(24)6-5-13-25-17-18-19-20-23(17)4/h7-10H,5-6,11-13H2,1-4H3. The van der Waals surface area contributed by atoms with Crippen LogP contribution in [0.1, 0.15) is 18.4 Å². The summed E-state index contributed by atoms with van der Waals surface area (Å²) in [5.41, 5.74) is 2.43. The molecule has 1 heterocycles. The Morgan fingerprint density at radius 2 is 1.92 bits per heavy atom. The van der Waals surface area contributed by atoms with Crippen LogP contribution in [0.2, 0.25) is 0 Å². The molecular weight excluding hydrogens is 336 g/mol. The number of rotatable bonds is 9. The molecule has 0 saturated heterocycles. The Balaban J connectivity index is 1.66. The quantitative estimate of drug-likeness (QED) is 0.501. The van der Waals surface area contributed by atoms with E-state index in [0.717, 1.165) is 30.3 Å². The Morgan fingerprint density at radius 3 is 2.52 bits per heavy atom. The van der Waals surface area contributed by atoms with E-state index in [0.29, 0.717) is 6.42 Å².